The molecule has 3 heterocycles. The van der Waals surface area contributed by atoms with Crippen LogP contribution in [0.25, 0.3) is 11.0 Å². The van der Waals surface area contributed by atoms with Gasteiger partial charge in [-0.25, -0.2) is 9.97 Å². The molecule has 1 aliphatic heterocycles. The summed E-state index contributed by atoms with van der Waals surface area (Å²) in [5.41, 5.74) is 8.35. The van der Waals surface area contributed by atoms with Gasteiger partial charge in [0.1, 0.15) is 5.82 Å². The monoisotopic (exact) mass is 284 g/mol. The second-order valence-electron chi connectivity index (χ2n) is 5.78. The van der Waals surface area contributed by atoms with E-state index in [1.165, 1.54) is 5.56 Å². The Kier molecular flexibility index (Phi) is 3.49. The molecule has 0 unspecified atom stereocenters. The van der Waals surface area contributed by atoms with Crippen LogP contribution in [0.2, 0.25) is 0 Å². The predicted molar refractivity (Wildman–Crippen MR) is 83.1 cm³/mol. The van der Waals surface area contributed by atoms with Crippen LogP contribution in [0.4, 0.5) is 5.82 Å². The van der Waals surface area contributed by atoms with Crippen LogP contribution in [0.5, 0.6) is 0 Å². The zero-order chi connectivity index (χ0) is 15.0. The van der Waals surface area contributed by atoms with Gasteiger partial charge in [0.25, 0.3) is 0 Å². The van der Waals surface area contributed by atoms with Crippen molar-refractivity contribution < 1.29 is 4.79 Å². The zero-order valence-corrected chi connectivity index (χ0v) is 12.5. The van der Waals surface area contributed by atoms with Crippen LogP contribution in [0.1, 0.15) is 24.1 Å². The number of anilines is 1. The number of hydrogen-bond acceptors (Lipinski definition) is 4. The first-order chi connectivity index (χ1) is 10.0. The summed E-state index contributed by atoms with van der Waals surface area (Å²) in [4.78, 5) is 22.6. The molecule has 5 nitrogen and oxygen atoms in total. The highest BCUT2D eigenvalue weighted by Gasteiger charge is 2.23. The second-order valence-corrected chi connectivity index (χ2v) is 5.78. The number of carbonyl (C=O) groups is 1. The molecule has 0 radical (unpaired) electrons. The Morgan fingerprint density at radius 2 is 1.95 bits per heavy atom. The minimum Gasteiger partial charge on any atom is -0.369 e. The van der Waals surface area contributed by atoms with E-state index in [9.17, 15) is 4.79 Å². The number of pyridine rings is 2. The molecule has 0 aromatic carbocycles. The highest BCUT2D eigenvalue weighted by atomic mass is 16.1. The molecule has 21 heavy (non-hydrogen) atoms. The average molecular weight is 284 g/mol. The highest BCUT2D eigenvalue weighted by molar-refractivity contribution is 5.80. The minimum absolute atomic E-state index is 0.00400. The summed E-state index contributed by atoms with van der Waals surface area (Å²) in [7, 11) is 0. The van der Waals surface area contributed by atoms with Gasteiger partial charge in [-0.1, -0.05) is 0 Å². The molecule has 2 aromatic rings. The fourth-order valence-corrected chi connectivity index (χ4v) is 2.99. The first-order valence-corrected chi connectivity index (χ1v) is 7.34. The van der Waals surface area contributed by atoms with E-state index in [0.29, 0.717) is 0 Å². The third kappa shape index (κ3) is 2.68. The molecule has 0 atom stereocenters. The van der Waals surface area contributed by atoms with Crippen LogP contribution < -0.4 is 10.6 Å². The zero-order valence-electron chi connectivity index (χ0n) is 12.5. The standard InChI is InChI=1S/C16H20N4O/c1-10-9-11(2)18-16-13(10)3-4-14(19-16)20-7-5-12(6-8-20)15(17)21/h3-4,9,12H,5-8H2,1-2H3,(H2,17,21). The van der Waals surface area contributed by atoms with E-state index in [-0.39, 0.29) is 11.8 Å². The number of primary amides is 1. The smallest absolute Gasteiger partial charge is 0.220 e. The lowest BCUT2D eigenvalue weighted by atomic mass is 9.96. The van der Waals surface area contributed by atoms with E-state index in [0.717, 1.165) is 48.5 Å². The average Bonchev–Trinajstić information content (AvgIpc) is 2.46. The van der Waals surface area contributed by atoms with Crippen molar-refractivity contribution in [2.24, 2.45) is 11.7 Å². The molecule has 0 bridgehead atoms. The Morgan fingerprint density at radius 3 is 2.62 bits per heavy atom. The molecule has 0 saturated carbocycles. The molecule has 1 aliphatic rings. The largest absolute Gasteiger partial charge is 0.369 e. The van der Waals surface area contributed by atoms with E-state index in [2.05, 4.69) is 33.9 Å². The molecule has 0 spiro atoms. The Hall–Kier alpha value is -2.17. The number of piperidine rings is 1. The van der Waals surface area contributed by atoms with Crippen LogP contribution in [-0.2, 0) is 4.79 Å². The Balaban J connectivity index is 1.87. The van der Waals surface area contributed by atoms with Crippen molar-refractivity contribution in [3.63, 3.8) is 0 Å². The van der Waals surface area contributed by atoms with Crippen LogP contribution in [0.15, 0.2) is 18.2 Å². The number of amides is 1. The number of nitrogens with zero attached hydrogens (tertiary/aromatic N) is 3. The maximum absolute atomic E-state index is 11.2. The van der Waals surface area contributed by atoms with Crippen molar-refractivity contribution in [3.8, 4) is 0 Å². The van der Waals surface area contributed by atoms with Gasteiger partial charge in [-0.2, -0.15) is 0 Å². The van der Waals surface area contributed by atoms with Crippen molar-refractivity contribution in [2.75, 3.05) is 18.0 Å². The lowest BCUT2D eigenvalue weighted by Gasteiger charge is -2.31. The van der Waals surface area contributed by atoms with Gasteiger partial charge in [0.15, 0.2) is 5.65 Å². The third-order valence-electron chi connectivity index (χ3n) is 4.21. The Labute approximate surface area is 124 Å². The topological polar surface area (TPSA) is 72.1 Å². The van der Waals surface area contributed by atoms with Crippen molar-refractivity contribution in [2.45, 2.75) is 26.7 Å². The summed E-state index contributed by atoms with van der Waals surface area (Å²) >= 11 is 0. The van der Waals surface area contributed by atoms with E-state index in [1.807, 2.05) is 13.0 Å². The van der Waals surface area contributed by atoms with Crippen molar-refractivity contribution in [3.05, 3.63) is 29.5 Å². The van der Waals surface area contributed by atoms with Gasteiger partial charge in [-0.15, -0.1) is 0 Å². The number of fused-ring (bicyclic) bond motifs is 1. The highest BCUT2D eigenvalue weighted by Crippen LogP contribution is 2.24. The van der Waals surface area contributed by atoms with E-state index >= 15 is 0 Å². The fourth-order valence-electron chi connectivity index (χ4n) is 2.99. The number of aromatic nitrogens is 2. The first kappa shape index (κ1) is 13.8. The van der Waals surface area contributed by atoms with Gasteiger partial charge in [-0.3, -0.25) is 4.79 Å². The first-order valence-electron chi connectivity index (χ1n) is 7.34. The summed E-state index contributed by atoms with van der Waals surface area (Å²) < 4.78 is 0. The van der Waals surface area contributed by atoms with Gasteiger partial charge >= 0.3 is 0 Å². The molecular weight excluding hydrogens is 264 g/mol. The normalized spacial score (nSPS) is 16.4. The SMILES string of the molecule is Cc1cc(C)c2ccc(N3CCC(C(N)=O)CC3)nc2n1. The summed E-state index contributed by atoms with van der Waals surface area (Å²) in [5.74, 6) is 0.751. The second kappa shape index (κ2) is 5.31. The lowest BCUT2D eigenvalue weighted by Crippen LogP contribution is -2.38. The lowest BCUT2D eigenvalue weighted by molar-refractivity contribution is -0.122. The summed E-state index contributed by atoms with van der Waals surface area (Å²) in [6.07, 6.45) is 1.60. The van der Waals surface area contributed by atoms with Crippen molar-refractivity contribution in [1.29, 1.82) is 0 Å². The van der Waals surface area contributed by atoms with Crippen LogP contribution in [0.3, 0.4) is 0 Å². The fraction of sp³-hybridized carbons (Fsp3) is 0.438. The number of hydrogen-bond donors (Lipinski definition) is 1. The quantitative estimate of drug-likeness (QED) is 0.915. The van der Waals surface area contributed by atoms with Crippen LogP contribution in [0, 0.1) is 19.8 Å². The number of carbonyl (C=O) groups excluding carboxylic acids is 1. The van der Waals surface area contributed by atoms with Crippen molar-refractivity contribution >= 4 is 22.8 Å². The van der Waals surface area contributed by atoms with Gasteiger partial charge in [0, 0.05) is 30.1 Å². The summed E-state index contributed by atoms with van der Waals surface area (Å²) in [5, 5.41) is 1.09. The van der Waals surface area contributed by atoms with E-state index in [1.54, 1.807) is 0 Å². The number of nitrogens with two attached hydrogens (primary N) is 1. The number of aryl methyl sites for hydroxylation is 2. The maximum Gasteiger partial charge on any atom is 0.220 e. The molecule has 5 heteroatoms. The van der Waals surface area contributed by atoms with Crippen LogP contribution >= 0.6 is 0 Å². The minimum atomic E-state index is -0.186. The molecule has 110 valence electrons. The third-order valence-corrected chi connectivity index (χ3v) is 4.21. The molecule has 0 aliphatic carbocycles. The van der Waals surface area contributed by atoms with Crippen molar-refractivity contribution in [1.82, 2.24) is 9.97 Å². The predicted octanol–water partition coefficient (Wildman–Crippen LogP) is 1.95. The molecular formula is C16H20N4O. The molecule has 1 saturated heterocycles. The maximum atomic E-state index is 11.2. The van der Waals surface area contributed by atoms with Gasteiger partial charge < -0.3 is 10.6 Å². The molecule has 2 aromatic heterocycles. The Bertz CT molecular complexity index is 690. The molecule has 3 rings (SSSR count). The van der Waals surface area contributed by atoms with E-state index in [4.69, 9.17) is 5.73 Å². The molecule has 1 amide bonds. The van der Waals surface area contributed by atoms with Crippen LogP contribution in [-0.4, -0.2) is 29.0 Å². The molecule has 1 fully saturated rings. The van der Waals surface area contributed by atoms with Gasteiger partial charge in [0.05, 0.1) is 0 Å². The number of rotatable bonds is 2. The summed E-state index contributed by atoms with van der Waals surface area (Å²) in [6.45, 7) is 5.70. The summed E-state index contributed by atoms with van der Waals surface area (Å²) in [6, 6.07) is 6.19. The van der Waals surface area contributed by atoms with Gasteiger partial charge in [0.2, 0.25) is 5.91 Å². The van der Waals surface area contributed by atoms with Gasteiger partial charge in [-0.05, 0) is 50.5 Å². The van der Waals surface area contributed by atoms with E-state index < -0.39 is 0 Å². The molecule has 2 N–H and O–H groups in total. The Morgan fingerprint density at radius 1 is 1.24 bits per heavy atom.